The third-order valence-corrected chi connectivity index (χ3v) is 2.95. The molecule has 0 aliphatic carbocycles. The van der Waals surface area contributed by atoms with Gasteiger partial charge in [-0.15, -0.1) is 0 Å². The van der Waals surface area contributed by atoms with Gasteiger partial charge in [0.1, 0.15) is 6.04 Å². The van der Waals surface area contributed by atoms with Gasteiger partial charge in [0.05, 0.1) is 0 Å². The summed E-state index contributed by atoms with van der Waals surface area (Å²) in [6.07, 6.45) is 0. The van der Waals surface area contributed by atoms with Crippen LogP contribution in [-0.4, -0.2) is 17.9 Å². The highest BCUT2D eigenvalue weighted by Crippen LogP contribution is 2.17. The number of amides is 2. The molecule has 0 fully saturated rings. The molecule has 19 heavy (non-hydrogen) atoms. The number of aryl methyl sites for hydroxylation is 2. The maximum Gasteiger partial charge on any atom is 0.247 e. The first-order valence-corrected chi connectivity index (χ1v) is 6.46. The van der Waals surface area contributed by atoms with Gasteiger partial charge in [-0.05, 0) is 31.4 Å². The molecule has 104 valence electrons. The van der Waals surface area contributed by atoms with Crippen molar-refractivity contribution in [2.24, 2.45) is 5.92 Å². The van der Waals surface area contributed by atoms with E-state index in [2.05, 4.69) is 10.6 Å². The van der Waals surface area contributed by atoms with E-state index in [9.17, 15) is 9.59 Å². The second-order valence-electron chi connectivity index (χ2n) is 5.23. The molecule has 0 spiro atoms. The lowest BCUT2D eigenvalue weighted by molar-refractivity contribution is -0.126. The smallest absolute Gasteiger partial charge is 0.247 e. The first kappa shape index (κ1) is 15.2. The van der Waals surface area contributed by atoms with E-state index in [1.165, 1.54) is 6.92 Å². The van der Waals surface area contributed by atoms with E-state index < -0.39 is 6.04 Å². The summed E-state index contributed by atoms with van der Waals surface area (Å²) >= 11 is 0. The number of nitrogens with one attached hydrogen (secondary N) is 2. The van der Waals surface area contributed by atoms with Gasteiger partial charge in [-0.3, -0.25) is 9.59 Å². The number of rotatable bonds is 4. The van der Waals surface area contributed by atoms with Crippen LogP contribution in [0.15, 0.2) is 18.2 Å². The lowest BCUT2D eigenvalue weighted by atomic mass is 10.0. The largest absolute Gasteiger partial charge is 0.344 e. The normalized spacial score (nSPS) is 12.1. The van der Waals surface area contributed by atoms with E-state index in [1.807, 2.05) is 45.9 Å². The molecule has 2 amide bonds. The molecule has 0 radical (unpaired) electrons. The summed E-state index contributed by atoms with van der Waals surface area (Å²) in [5.74, 6) is -0.346. The monoisotopic (exact) mass is 262 g/mol. The molecule has 1 rings (SSSR count). The summed E-state index contributed by atoms with van der Waals surface area (Å²) in [6.45, 7) is 9.18. The van der Waals surface area contributed by atoms with E-state index in [1.54, 1.807) is 0 Å². The van der Waals surface area contributed by atoms with Crippen molar-refractivity contribution in [3.63, 3.8) is 0 Å². The van der Waals surface area contributed by atoms with Crippen molar-refractivity contribution in [3.05, 3.63) is 29.3 Å². The minimum absolute atomic E-state index is 0.0367. The molecule has 1 atom stereocenters. The summed E-state index contributed by atoms with van der Waals surface area (Å²) < 4.78 is 0. The second-order valence-corrected chi connectivity index (χ2v) is 5.23. The summed E-state index contributed by atoms with van der Waals surface area (Å²) in [5, 5.41) is 5.55. The second kappa shape index (κ2) is 6.36. The molecule has 0 bridgehead atoms. The molecule has 0 aromatic heterocycles. The van der Waals surface area contributed by atoms with Crippen molar-refractivity contribution in [1.82, 2.24) is 5.32 Å². The SMILES string of the molecule is CC(=O)N[C@@H](C(=O)Nc1ccc(C)cc1C)C(C)C. The van der Waals surface area contributed by atoms with Gasteiger partial charge in [0.2, 0.25) is 11.8 Å². The van der Waals surface area contributed by atoms with Crippen molar-refractivity contribution in [2.75, 3.05) is 5.32 Å². The topological polar surface area (TPSA) is 58.2 Å². The van der Waals surface area contributed by atoms with Crippen LogP contribution >= 0.6 is 0 Å². The Morgan fingerprint density at radius 1 is 1.16 bits per heavy atom. The van der Waals surface area contributed by atoms with Crippen LogP contribution in [0.3, 0.4) is 0 Å². The van der Waals surface area contributed by atoms with Crippen LogP contribution in [0.5, 0.6) is 0 Å². The van der Waals surface area contributed by atoms with E-state index in [-0.39, 0.29) is 17.7 Å². The molecule has 0 saturated heterocycles. The molecule has 2 N–H and O–H groups in total. The zero-order chi connectivity index (χ0) is 14.6. The molecule has 4 nitrogen and oxygen atoms in total. The van der Waals surface area contributed by atoms with Gasteiger partial charge in [-0.1, -0.05) is 31.5 Å². The number of anilines is 1. The number of carbonyl (C=O) groups excluding carboxylic acids is 2. The quantitative estimate of drug-likeness (QED) is 0.875. The highest BCUT2D eigenvalue weighted by molar-refractivity contribution is 5.97. The Kier molecular flexibility index (Phi) is 5.10. The number of carbonyl (C=O) groups is 2. The Balaban J connectivity index is 2.84. The fourth-order valence-corrected chi connectivity index (χ4v) is 1.92. The first-order valence-electron chi connectivity index (χ1n) is 6.46. The van der Waals surface area contributed by atoms with Gasteiger partial charge in [0.15, 0.2) is 0 Å². The van der Waals surface area contributed by atoms with Crippen molar-refractivity contribution >= 4 is 17.5 Å². The fourth-order valence-electron chi connectivity index (χ4n) is 1.92. The Bertz CT molecular complexity index is 481. The van der Waals surface area contributed by atoms with Crippen LogP contribution in [0.4, 0.5) is 5.69 Å². The molecule has 4 heteroatoms. The van der Waals surface area contributed by atoms with Crippen molar-refractivity contribution in [1.29, 1.82) is 0 Å². The van der Waals surface area contributed by atoms with Gasteiger partial charge < -0.3 is 10.6 Å². The van der Waals surface area contributed by atoms with Crippen molar-refractivity contribution in [3.8, 4) is 0 Å². The number of hydrogen-bond donors (Lipinski definition) is 2. The summed E-state index contributed by atoms with van der Waals surface area (Å²) in [5.41, 5.74) is 2.95. The van der Waals surface area contributed by atoms with Crippen molar-refractivity contribution in [2.45, 2.75) is 40.7 Å². The molecular weight excluding hydrogens is 240 g/mol. The van der Waals surface area contributed by atoms with E-state index in [0.29, 0.717) is 0 Å². The van der Waals surface area contributed by atoms with E-state index in [4.69, 9.17) is 0 Å². The standard InChI is InChI=1S/C15H22N2O2/c1-9(2)14(16-12(5)18)15(19)17-13-7-6-10(3)8-11(13)4/h6-9,14H,1-5H3,(H,16,18)(H,17,19)/t14-/m1/s1. The zero-order valence-electron chi connectivity index (χ0n) is 12.2. The predicted molar refractivity (Wildman–Crippen MR) is 77.0 cm³/mol. The molecule has 0 heterocycles. The molecule has 1 aromatic carbocycles. The molecule has 0 saturated carbocycles. The molecule has 0 unspecified atom stereocenters. The van der Waals surface area contributed by atoms with Crippen LogP contribution in [0.1, 0.15) is 31.9 Å². The summed E-state index contributed by atoms with van der Waals surface area (Å²) in [7, 11) is 0. The van der Waals surface area contributed by atoms with Crippen LogP contribution in [0.25, 0.3) is 0 Å². The lowest BCUT2D eigenvalue weighted by Crippen LogP contribution is -2.46. The Hall–Kier alpha value is -1.84. The first-order chi connectivity index (χ1) is 8.81. The average molecular weight is 262 g/mol. The summed E-state index contributed by atoms with van der Waals surface area (Å²) in [6, 6.07) is 5.33. The maximum atomic E-state index is 12.2. The molecular formula is C15H22N2O2. The van der Waals surface area contributed by atoms with Gasteiger partial charge >= 0.3 is 0 Å². The van der Waals surface area contributed by atoms with E-state index >= 15 is 0 Å². The maximum absolute atomic E-state index is 12.2. The van der Waals surface area contributed by atoms with Crippen LogP contribution in [0, 0.1) is 19.8 Å². The van der Waals surface area contributed by atoms with Gasteiger partial charge in [0, 0.05) is 12.6 Å². The number of hydrogen-bond acceptors (Lipinski definition) is 2. The van der Waals surface area contributed by atoms with Gasteiger partial charge in [0.25, 0.3) is 0 Å². The lowest BCUT2D eigenvalue weighted by Gasteiger charge is -2.21. The third kappa shape index (κ3) is 4.39. The Morgan fingerprint density at radius 2 is 1.79 bits per heavy atom. The highest BCUT2D eigenvalue weighted by Gasteiger charge is 2.23. The van der Waals surface area contributed by atoms with Crippen LogP contribution in [0.2, 0.25) is 0 Å². The molecule has 0 aliphatic heterocycles. The van der Waals surface area contributed by atoms with Gasteiger partial charge in [-0.2, -0.15) is 0 Å². The molecule has 0 aliphatic rings. The van der Waals surface area contributed by atoms with Crippen LogP contribution in [-0.2, 0) is 9.59 Å². The number of benzene rings is 1. The van der Waals surface area contributed by atoms with Crippen molar-refractivity contribution < 1.29 is 9.59 Å². The third-order valence-electron chi connectivity index (χ3n) is 2.95. The Labute approximate surface area is 114 Å². The van der Waals surface area contributed by atoms with E-state index in [0.717, 1.165) is 16.8 Å². The minimum Gasteiger partial charge on any atom is -0.344 e. The van der Waals surface area contributed by atoms with Gasteiger partial charge in [-0.25, -0.2) is 0 Å². The predicted octanol–water partition coefficient (Wildman–Crippen LogP) is 2.40. The average Bonchev–Trinajstić information content (AvgIpc) is 2.29. The summed E-state index contributed by atoms with van der Waals surface area (Å²) in [4.78, 5) is 23.3. The van der Waals surface area contributed by atoms with Crippen LogP contribution < -0.4 is 10.6 Å². The minimum atomic E-state index is -0.516. The fraction of sp³-hybridized carbons (Fsp3) is 0.467. The highest BCUT2D eigenvalue weighted by atomic mass is 16.2. The molecule has 1 aromatic rings. The zero-order valence-corrected chi connectivity index (χ0v) is 12.2. The Morgan fingerprint density at radius 3 is 2.26 bits per heavy atom.